The second-order valence-corrected chi connectivity index (χ2v) is 6.63. The van der Waals surface area contributed by atoms with Gasteiger partial charge in [-0.1, -0.05) is 23.8 Å². The van der Waals surface area contributed by atoms with Gasteiger partial charge in [-0.2, -0.15) is 0 Å². The average Bonchev–Trinajstić information content (AvgIpc) is 2.58. The van der Waals surface area contributed by atoms with Crippen LogP contribution in [0.2, 0.25) is 0 Å². The van der Waals surface area contributed by atoms with Crippen molar-refractivity contribution < 1.29 is 27.8 Å². The number of hydrogen-bond acceptors (Lipinski definition) is 4. The zero-order chi connectivity index (χ0) is 20.8. The van der Waals surface area contributed by atoms with Crippen LogP contribution in [0.4, 0.5) is 8.78 Å². The van der Waals surface area contributed by atoms with Crippen molar-refractivity contribution in [1.29, 1.82) is 0 Å². The Balaban J connectivity index is 1.81. The average molecular weight is 391 g/mol. The lowest BCUT2D eigenvalue weighted by atomic mass is 10.1. The number of amides is 1. The molecule has 0 fully saturated rings. The minimum absolute atomic E-state index is 0.134. The van der Waals surface area contributed by atoms with E-state index >= 15 is 0 Å². The van der Waals surface area contributed by atoms with E-state index in [0.717, 1.165) is 28.8 Å². The zero-order valence-electron chi connectivity index (χ0n) is 16.3. The van der Waals surface area contributed by atoms with Gasteiger partial charge in [-0.15, -0.1) is 0 Å². The molecule has 0 bridgehead atoms. The van der Waals surface area contributed by atoms with Crippen molar-refractivity contribution in [2.75, 3.05) is 13.2 Å². The third kappa shape index (κ3) is 5.77. The van der Waals surface area contributed by atoms with Crippen LogP contribution in [0.3, 0.4) is 0 Å². The summed E-state index contributed by atoms with van der Waals surface area (Å²) in [7, 11) is 0. The van der Waals surface area contributed by atoms with Crippen LogP contribution in [0.25, 0.3) is 0 Å². The van der Waals surface area contributed by atoms with Crippen LogP contribution in [-0.2, 0) is 14.3 Å². The number of carbonyl (C=O) groups excluding carboxylic acids is 2. The molecular formula is C21H23F2NO4. The lowest BCUT2D eigenvalue weighted by Crippen LogP contribution is -2.32. The molecule has 7 heteroatoms. The number of benzene rings is 2. The van der Waals surface area contributed by atoms with Crippen LogP contribution in [0.15, 0.2) is 30.3 Å². The highest BCUT2D eigenvalue weighted by Gasteiger charge is 2.16. The second kappa shape index (κ2) is 9.30. The molecule has 0 saturated carbocycles. The number of esters is 1. The van der Waals surface area contributed by atoms with Gasteiger partial charge < -0.3 is 14.8 Å². The topological polar surface area (TPSA) is 64.6 Å². The molecule has 0 unspecified atom stereocenters. The zero-order valence-corrected chi connectivity index (χ0v) is 16.3. The highest BCUT2D eigenvalue weighted by Crippen LogP contribution is 2.24. The molecule has 1 amide bonds. The smallest absolute Gasteiger partial charge is 0.344 e. The van der Waals surface area contributed by atoms with Crippen molar-refractivity contribution in [2.45, 2.75) is 33.7 Å². The van der Waals surface area contributed by atoms with Crippen molar-refractivity contribution in [2.24, 2.45) is 0 Å². The van der Waals surface area contributed by atoms with Gasteiger partial charge in [0.2, 0.25) is 0 Å². The Hall–Kier alpha value is -2.96. The van der Waals surface area contributed by atoms with Gasteiger partial charge in [0.1, 0.15) is 17.4 Å². The van der Waals surface area contributed by atoms with Crippen molar-refractivity contribution in [3.8, 4) is 5.75 Å². The van der Waals surface area contributed by atoms with E-state index in [1.807, 2.05) is 32.9 Å². The molecule has 0 aliphatic carbocycles. The van der Waals surface area contributed by atoms with E-state index < -0.39 is 36.2 Å². The number of ether oxygens (including phenoxy) is 2. The molecule has 1 atom stereocenters. The van der Waals surface area contributed by atoms with Crippen LogP contribution in [0.1, 0.15) is 35.2 Å². The SMILES string of the molecule is Cc1cc(C)c(OCC(=O)OCC(=O)N[C@H](C)c2ccc(F)cc2F)c(C)c1. The molecule has 0 radical (unpaired) electrons. The Morgan fingerprint density at radius 2 is 1.68 bits per heavy atom. The fourth-order valence-electron chi connectivity index (χ4n) is 2.93. The van der Waals surface area contributed by atoms with Crippen LogP contribution in [0, 0.1) is 32.4 Å². The summed E-state index contributed by atoms with van der Waals surface area (Å²) in [6.45, 7) is 6.41. The molecule has 2 aromatic rings. The number of rotatable bonds is 7. The van der Waals surface area contributed by atoms with Crippen molar-refractivity contribution in [3.63, 3.8) is 0 Å². The van der Waals surface area contributed by atoms with Crippen molar-refractivity contribution in [1.82, 2.24) is 5.32 Å². The maximum atomic E-state index is 13.7. The predicted molar refractivity (Wildman–Crippen MR) is 100 cm³/mol. The van der Waals surface area contributed by atoms with Gasteiger partial charge in [-0.25, -0.2) is 13.6 Å². The standard InChI is InChI=1S/C21H23F2NO4/c1-12-7-13(2)21(14(3)8-12)28-11-20(26)27-10-19(25)24-15(4)17-6-5-16(22)9-18(17)23/h5-9,15H,10-11H2,1-4H3,(H,24,25)/t15-/m1/s1. The van der Waals surface area contributed by atoms with Crippen molar-refractivity contribution >= 4 is 11.9 Å². The monoisotopic (exact) mass is 391 g/mol. The van der Waals surface area contributed by atoms with Gasteiger partial charge in [0, 0.05) is 11.6 Å². The molecule has 2 aromatic carbocycles. The third-order valence-corrected chi connectivity index (χ3v) is 4.11. The number of halogens is 2. The first kappa shape index (κ1) is 21.3. The van der Waals surface area contributed by atoms with Gasteiger partial charge in [0.05, 0.1) is 6.04 Å². The third-order valence-electron chi connectivity index (χ3n) is 4.11. The highest BCUT2D eigenvalue weighted by molar-refractivity contribution is 5.81. The number of nitrogens with one attached hydrogen (secondary N) is 1. The molecule has 5 nitrogen and oxygen atoms in total. The molecule has 28 heavy (non-hydrogen) atoms. The van der Waals surface area contributed by atoms with E-state index in [9.17, 15) is 18.4 Å². The van der Waals surface area contributed by atoms with Gasteiger partial charge in [0.25, 0.3) is 5.91 Å². The predicted octanol–water partition coefficient (Wildman–Crippen LogP) is 3.69. The van der Waals surface area contributed by atoms with Crippen LogP contribution in [-0.4, -0.2) is 25.1 Å². The fraction of sp³-hybridized carbons (Fsp3) is 0.333. The van der Waals surface area contributed by atoms with Gasteiger partial charge >= 0.3 is 5.97 Å². The molecule has 0 aliphatic rings. The maximum absolute atomic E-state index is 13.7. The minimum Gasteiger partial charge on any atom is -0.481 e. The molecule has 0 saturated heterocycles. The van der Waals surface area contributed by atoms with Crippen LogP contribution < -0.4 is 10.1 Å². The number of hydrogen-bond donors (Lipinski definition) is 1. The van der Waals surface area contributed by atoms with E-state index in [1.54, 1.807) is 6.92 Å². The highest BCUT2D eigenvalue weighted by atomic mass is 19.1. The first-order chi connectivity index (χ1) is 13.2. The Bertz CT molecular complexity index is 860. The molecular weight excluding hydrogens is 368 g/mol. The quantitative estimate of drug-likeness (QED) is 0.731. The summed E-state index contributed by atoms with van der Waals surface area (Å²) in [5.74, 6) is -2.16. The summed E-state index contributed by atoms with van der Waals surface area (Å²) in [6, 6.07) is 6.27. The van der Waals surface area contributed by atoms with Gasteiger partial charge in [-0.3, -0.25) is 4.79 Å². The lowest BCUT2D eigenvalue weighted by Gasteiger charge is -2.15. The first-order valence-corrected chi connectivity index (χ1v) is 8.78. The van der Waals surface area contributed by atoms with Crippen LogP contribution >= 0.6 is 0 Å². The minimum atomic E-state index is -0.762. The van der Waals surface area contributed by atoms with E-state index in [4.69, 9.17) is 9.47 Å². The fourth-order valence-corrected chi connectivity index (χ4v) is 2.93. The van der Waals surface area contributed by atoms with Gasteiger partial charge in [0.15, 0.2) is 13.2 Å². The maximum Gasteiger partial charge on any atom is 0.344 e. The molecule has 2 rings (SSSR count). The van der Waals surface area contributed by atoms with Crippen LogP contribution in [0.5, 0.6) is 5.75 Å². The summed E-state index contributed by atoms with van der Waals surface area (Å²) >= 11 is 0. The molecule has 0 aliphatic heterocycles. The van der Waals surface area contributed by atoms with E-state index in [1.165, 1.54) is 6.07 Å². The number of carbonyl (C=O) groups is 2. The van der Waals surface area contributed by atoms with E-state index in [2.05, 4.69) is 5.32 Å². The first-order valence-electron chi connectivity index (χ1n) is 8.78. The summed E-state index contributed by atoms with van der Waals surface area (Å²) in [5, 5.41) is 2.49. The molecule has 0 heterocycles. The van der Waals surface area contributed by atoms with E-state index in [-0.39, 0.29) is 12.2 Å². The lowest BCUT2D eigenvalue weighted by molar-refractivity contribution is -0.150. The normalized spacial score (nSPS) is 11.6. The second-order valence-electron chi connectivity index (χ2n) is 6.63. The summed E-state index contributed by atoms with van der Waals surface area (Å²) < 4.78 is 37.1. The molecule has 1 N–H and O–H groups in total. The summed E-state index contributed by atoms with van der Waals surface area (Å²) in [4.78, 5) is 23.7. The number of aryl methyl sites for hydroxylation is 3. The summed E-state index contributed by atoms with van der Waals surface area (Å²) in [5.41, 5.74) is 3.03. The molecule has 150 valence electrons. The Labute approximate surface area is 162 Å². The van der Waals surface area contributed by atoms with E-state index in [0.29, 0.717) is 5.75 Å². The largest absolute Gasteiger partial charge is 0.481 e. The van der Waals surface area contributed by atoms with Gasteiger partial charge in [-0.05, 0) is 44.9 Å². The Morgan fingerprint density at radius 1 is 1.04 bits per heavy atom. The Kier molecular flexibility index (Phi) is 7.09. The Morgan fingerprint density at radius 3 is 2.29 bits per heavy atom. The van der Waals surface area contributed by atoms with Crippen molar-refractivity contribution in [3.05, 3.63) is 64.2 Å². The summed E-state index contributed by atoms with van der Waals surface area (Å²) in [6.07, 6.45) is 0. The molecule has 0 aromatic heterocycles. The molecule has 0 spiro atoms.